The number of aliphatic carboxylic acids is 1. The largest absolute Gasteiger partial charge is 0.480 e. The van der Waals surface area contributed by atoms with E-state index in [0.29, 0.717) is 0 Å². The Balaban J connectivity index is 2.14. The highest BCUT2D eigenvalue weighted by Gasteiger charge is 2.41. The molecule has 2 aliphatic rings. The van der Waals surface area contributed by atoms with E-state index in [1.165, 1.54) is 16.7 Å². The molecule has 1 aliphatic carbocycles. The molecule has 0 radical (unpaired) electrons. The Kier molecular flexibility index (Phi) is 2.44. The van der Waals surface area contributed by atoms with Crippen LogP contribution in [-0.4, -0.2) is 17.1 Å². The third-order valence-electron chi connectivity index (χ3n) is 4.08. The summed E-state index contributed by atoms with van der Waals surface area (Å²) in [6, 6.07) is 3.75. The Labute approximate surface area is 107 Å². The van der Waals surface area contributed by atoms with Gasteiger partial charge in [-0.1, -0.05) is 18.2 Å². The lowest BCUT2D eigenvalue weighted by molar-refractivity contribution is -0.139. The third kappa shape index (κ3) is 1.54. The molecule has 0 fully saturated rings. The zero-order valence-electron chi connectivity index (χ0n) is 10.6. The molecule has 0 unspecified atom stereocenters. The standard InChI is InChI=1S/C15H17NO2/c1-8-6-9(2)13-10-4-3-5-11(10)14(15(17)18)16-12(13)7-8/h3-4,6-7,10-11,14,16H,5H2,1-2H3,(H,17,18)/t10-,11+,14-/m0/s1. The van der Waals surface area contributed by atoms with Crippen molar-refractivity contribution in [2.24, 2.45) is 5.92 Å². The predicted octanol–water partition coefficient (Wildman–Crippen LogP) is 2.84. The first-order valence-electron chi connectivity index (χ1n) is 6.35. The van der Waals surface area contributed by atoms with Gasteiger partial charge in [0, 0.05) is 17.5 Å². The maximum Gasteiger partial charge on any atom is 0.326 e. The van der Waals surface area contributed by atoms with Crippen molar-refractivity contribution in [2.75, 3.05) is 5.32 Å². The van der Waals surface area contributed by atoms with Crippen molar-refractivity contribution in [1.82, 2.24) is 0 Å². The van der Waals surface area contributed by atoms with Crippen LogP contribution in [0.15, 0.2) is 24.3 Å². The maximum absolute atomic E-state index is 11.4. The number of anilines is 1. The molecule has 1 aromatic rings. The van der Waals surface area contributed by atoms with E-state index in [0.717, 1.165) is 12.1 Å². The highest BCUT2D eigenvalue weighted by Crippen LogP contribution is 2.46. The fourth-order valence-corrected chi connectivity index (χ4v) is 3.39. The van der Waals surface area contributed by atoms with Gasteiger partial charge in [-0.2, -0.15) is 0 Å². The van der Waals surface area contributed by atoms with Crippen molar-refractivity contribution in [1.29, 1.82) is 0 Å². The first-order valence-corrected chi connectivity index (χ1v) is 6.35. The average Bonchev–Trinajstić information content (AvgIpc) is 2.75. The summed E-state index contributed by atoms with van der Waals surface area (Å²) in [6.45, 7) is 4.15. The molecule has 0 spiro atoms. The van der Waals surface area contributed by atoms with E-state index < -0.39 is 12.0 Å². The Morgan fingerprint density at radius 3 is 2.89 bits per heavy atom. The molecule has 3 nitrogen and oxygen atoms in total. The number of fused-ring (bicyclic) bond motifs is 3. The number of rotatable bonds is 1. The van der Waals surface area contributed by atoms with Crippen LogP contribution in [0.5, 0.6) is 0 Å². The number of nitrogens with one attached hydrogen (secondary N) is 1. The summed E-state index contributed by atoms with van der Waals surface area (Å²) in [7, 11) is 0. The molecule has 94 valence electrons. The first-order chi connectivity index (χ1) is 8.58. The maximum atomic E-state index is 11.4. The van der Waals surface area contributed by atoms with Crippen LogP contribution in [0.1, 0.15) is 29.0 Å². The van der Waals surface area contributed by atoms with Crippen LogP contribution in [0.4, 0.5) is 5.69 Å². The average molecular weight is 243 g/mol. The first kappa shape index (κ1) is 11.3. The molecule has 0 saturated heterocycles. The molecule has 0 amide bonds. The van der Waals surface area contributed by atoms with Gasteiger partial charge in [-0.15, -0.1) is 0 Å². The molecule has 1 aromatic carbocycles. The predicted molar refractivity (Wildman–Crippen MR) is 71.0 cm³/mol. The van der Waals surface area contributed by atoms with Crippen LogP contribution >= 0.6 is 0 Å². The number of hydrogen-bond donors (Lipinski definition) is 2. The highest BCUT2D eigenvalue weighted by molar-refractivity contribution is 5.81. The summed E-state index contributed by atoms with van der Waals surface area (Å²) < 4.78 is 0. The monoisotopic (exact) mass is 243 g/mol. The summed E-state index contributed by atoms with van der Waals surface area (Å²) in [5.74, 6) is -0.349. The number of aryl methyl sites for hydroxylation is 2. The van der Waals surface area contributed by atoms with E-state index in [4.69, 9.17) is 0 Å². The number of carbonyl (C=O) groups is 1. The summed E-state index contributed by atoms with van der Waals surface area (Å²) in [5, 5.41) is 12.6. The number of benzene rings is 1. The lowest BCUT2D eigenvalue weighted by Crippen LogP contribution is -2.42. The van der Waals surface area contributed by atoms with Crippen molar-refractivity contribution < 1.29 is 9.90 Å². The van der Waals surface area contributed by atoms with Gasteiger partial charge in [-0.3, -0.25) is 0 Å². The Morgan fingerprint density at radius 1 is 1.39 bits per heavy atom. The third-order valence-corrected chi connectivity index (χ3v) is 4.08. The van der Waals surface area contributed by atoms with Crippen molar-refractivity contribution in [3.05, 3.63) is 41.0 Å². The SMILES string of the molecule is Cc1cc(C)c2c(c1)N[C@H](C(=O)O)[C@@H]1CC=C[C@H]21. The van der Waals surface area contributed by atoms with E-state index in [1.54, 1.807) is 0 Å². The molecule has 2 N–H and O–H groups in total. The van der Waals surface area contributed by atoms with E-state index in [9.17, 15) is 9.90 Å². The number of hydrogen-bond acceptors (Lipinski definition) is 2. The minimum atomic E-state index is -0.751. The second kappa shape index (κ2) is 3.87. The van der Waals surface area contributed by atoms with Gasteiger partial charge < -0.3 is 10.4 Å². The number of allylic oxidation sites excluding steroid dienone is 2. The van der Waals surface area contributed by atoms with Crippen molar-refractivity contribution >= 4 is 11.7 Å². The van der Waals surface area contributed by atoms with Gasteiger partial charge in [0.2, 0.25) is 0 Å². The van der Waals surface area contributed by atoms with Gasteiger partial charge in [0.1, 0.15) is 6.04 Å². The quantitative estimate of drug-likeness (QED) is 0.746. The molecule has 3 rings (SSSR count). The number of carboxylic acid groups (broad SMARTS) is 1. The van der Waals surface area contributed by atoms with Gasteiger partial charge in [-0.05, 0) is 43.0 Å². The zero-order valence-corrected chi connectivity index (χ0v) is 10.6. The van der Waals surface area contributed by atoms with Gasteiger partial charge in [0.15, 0.2) is 0 Å². The molecule has 0 aromatic heterocycles. The smallest absolute Gasteiger partial charge is 0.326 e. The van der Waals surface area contributed by atoms with Crippen LogP contribution in [0.25, 0.3) is 0 Å². The van der Waals surface area contributed by atoms with E-state index in [-0.39, 0.29) is 11.8 Å². The van der Waals surface area contributed by atoms with Crippen LogP contribution in [0.2, 0.25) is 0 Å². The Hall–Kier alpha value is -1.77. The molecule has 1 heterocycles. The second-order valence-corrected chi connectivity index (χ2v) is 5.36. The van der Waals surface area contributed by atoms with Gasteiger partial charge in [-0.25, -0.2) is 4.79 Å². The van der Waals surface area contributed by atoms with Crippen molar-refractivity contribution in [3.63, 3.8) is 0 Å². The van der Waals surface area contributed by atoms with Crippen LogP contribution in [-0.2, 0) is 4.79 Å². The van der Waals surface area contributed by atoms with E-state index >= 15 is 0 Å². The van der Waals surface area contributed by atoms with E-state index in [2.05, 4.69) is 36.5 Å². The van der Waals surface area contributed by atoms with Gasteiger partial charge >= 0.3 is 5.97 Å². The Morgan fingerprint density at radius 2 is 2.17 bits per heavy atom. The minimum Gasteiger partial charge on any atom is -0.480 e. The minimum absolute atomic E-state index is 0.149. The van der Waals surface area contributed by atoms with Crippen LogP contribution in [0, 0.1) is 19.8 Å². The second-order valence-electron chi connectivity index (χ2n) is 5.36. The molecule has 1 aliphatic heterocycles. The fourth-order valence-electron chi connectivity index (χ4n) is 3.39. The van der Waals surface area contributed by atoms with Gasteiger partial charge in [0.25, 0.3) is 0 Å². The van der Waals surface area contributed by atoms with Gasteiger partial charge in [0.05, 0.1) is 0 Å². The highest BCUT2D eigenvalue weighted by atomic mass is 16.4. The molecular formula is C15H17NO2. The summed E-state index contributed by atoms with van der Waals surface area (Å²) in [5.41, 5.74) is 4.69. The fraction of sp³-hybridized carbons (Fsp3) is 0.400. The lowest BCUT2D eigenvalue weighted by Gasteiger charge is -2.36. The molecule has 3 atom stereocenters. The van der Waals surface area contributed by atoms with Crippen molar-refractivity contribution in [3.8, 4) is 0 Å². The zero-order chi connectivity index (χ0) is 12.9. The van der Waals surface area contributed by atoms with Crippen molar-refractivity contribution in [2.45, 2.75) is 32.2 Å². The topological polar surface area (TPSA) is 49.3 Å². The molecule has 0 saturated carbocycles. The molecule has 3 heteroatoms. The molecule has 18 heavy (non-hydrogen) atoms. The van der Waals surface area contributed by atoms with E-state index in [1.807, 2.05) is 6.92 Å². The molecular weight excluding hydrogens is 226 g/mol. The molecule has 0 bridgehead atoms. The lowest BCUT2D eigenvalue weighted by atomic mass is 9.77. The number of carboxylic acids is 1. The summed E-state index contributed by atoms with van der Waals surface area (Å²) in [4.78, 5) is 11.4. The van der Waals surface area contributed by atoms with Crippen LogP contribution < -0.4 is 5.32 Å². The normalized spacial score (nSPS) is 28.4. The van der Waals surface area contributed by atoms with Crippen LogP contribution in [0.3, 0.4) is 0 Å². The Bertz CT molecular complexity index is 548. The summed E-state index contributed by atoms with van der Waals surface area (Å²) >= 11 is 0. The summed E-state index contributed by atoms with van der Waals surface area (Å²) in [6.07, 6.45) is 5.13.